The van der Waals surface area contributed by atoms with Crippen molar-refractivity contribution in [2.24, 2.45) is 0 Å². The van der Waals surface area contributed by atoms with E-state index in [2.05, 4.69) is 67.7 Å². The predicted molar refractivity (Wildman–Crippen MR) is 234 cm³/mol. The molecule has 320 valence electrons. The number of rotatable bonds is 18. The quantitative estimate of drug-likeness (QED) is 0.0849. The van der Waals surface area contributed by atoms with Crippen LogP contribution in [0, 0.1) is 0 Å². The molecule has 1 unspecified atom stereocenters. The number of carbonyl (C=O) groups excluding carboxylic acids is 2. The van der Waals surface area contributed by atoms with Gasteiger partial charge in [0.25, 0.3) is 11.8 Å². The first-order valence-electron chi connectivity index (χ1n) is 20.7. The monoisotopic (exact) mass is 828 g/mol. The maximum atomic E-state index is 13.7. The first kappa shape index (κ1) is 46.2. The molecule has 2 aromatic rings. The second-order valence-electron chi connectivity index (χ2n) is 18.7. The van der Waals surface area contributed by atoms with Gasteiger partial charge in [-0.15, -0.1) is 0 Å². The number of hydrogen-bond donors (Lipinski definition) is 2. The van der Waals surface area contributed by atoms with Gasteiger partial charge in [-0.1, -0.05) is 41.5 Å². The van der Waals surface area contributed by atoms with Gasteiger partial charge >= 0.3 is 0 Å². The number of amides is 2. The van der Waals surface area contributed by atoms with Crippen molar-refractivity contribution in [2.75, 3.05) is 65.2 Å². The molecule has 2 saturated heterocycles. The molecule has 0 radical (unpaired) electrons. The van der Waals surface area contributed by atoms with Gasteiger partial charge in [0.15, 0.2) is 39.6 Å². The number of unbranched alkanes of at least 4 members (excludes halogenated alkanes) is 2. The summed E-state index contributed by atoms with van der Waals surface area (Å²) >= 11 is 0. The fourth-order valence-electron chi connectivity index (χ4n) is 6.72. The molecule has 2 fully saturated rings. The number of carbonyl (C=O) groups is 2. The van der Waals surface area contributed by atoms with Crippen LogP contribution in [0.25, 0.3) is 0 Å². The SMILES string of the molecule is COc1cc(C(=O)N2CCCC2CO[Si](C)(C)C(C)(C)C)c(N)cc1OCCCCCOc1cc(N)c(C(=O)N2CCC[C@H]2CO[Si](C)(C)C(C)(C)C)cc1OC. The molecule has 2 aromatic carbocycles. The lowest BCUT2D eigenvalue weighted by Crippen LogP contribution is -2.46. The fraction of sp³-hybridized carbons (Fsp3) is 0.674. The highest BCUT2D eigenvalue weighted by atomic mass is 28.4. The molecule has 2 heterocycles. The summed E-state index contributed by atoms with van der Waals surface area (Å²) in [7, 11) is -0.763. The third-order valence-corrected chi connectivity index (χ3v) is 21.6. The average molecular weight is 829 g/mol. The standard InChI is InChI=1S/C43H72N4O8Si2/c1-42(2,3)56(9,10)54-28-30-18-16-20-46(30)40(48)32-24-36(50-7)38(26-34(32)44)52-22-14-13-15-23-53-39-27-35(45)33(25-37(39)51-8)41(49)47-21-17-19-31(47)29-55-57(11,12)43(4,5)6/h24-27,30-31H,13-23,28-29,44-45H2,1-12H3/t30-,31?/m0/s1. The highest BCUT2D eigenvalue weighted by Gasteiger charge is 2.41. The number of nitrogen functional groups attached to an aromatic ring is 2. The van der Waals surface area contributed by atoms with Crippen molar-refractivity contribution in [3.63, 3.8) is 0 Å². The third-order valence-electron chi connectivity index (χ3n) is 12.6. The summed E-state index contributed by atoms with van der Waals surface area (Å²) in [6, 6.07) is 6.79. The molecule has 2 aliphatic rings. The topological polar surface area (TPSA) is 148 Å². The van der Waals surface area contributed by atoms with Crippen LogP contribution in [-0.2, 0) is 8.85 Å². The summed E-state index contributed by atoms with van der Waals surface area (Å²) in [5.74, 6) is 1.72. The van der Waals surface area contributed by atoms with Crippen molar-refractivity contribution in [2.45, 2.75) is 135 Å². The number of hydrogen-bond acceptors (Lipinski definition) is 10. The van der Waals surface area contributed by atoms with Crippen molar-refractivity contribution in [3.8, 4) is 23.0 Å². The molecule has 4 rings (SSSR count). The van der Waals surface area contributed by atoms with Crippen molar-refractivity contribution < 1.29 is 37.4 Å². The Morgan fingerprint density at radius 1 is 0.632 bits per heavy atom. The van der Waals surface area contributed by atoms with Crippen LogP contribution < -0.4 is 30.4 Å². The Bertz CT molecular complexity index is 1570. The van der Waals surface area contributed by atoms with Gasteiger partial charge in [0.05, 0.1) is 63.9 Å². The molecular formula is C43H72N4O8Si2. The second-order valence-corrected chi connectivity index (χ2v) is 28.3. The number of benzene rings is 2. The molecule has 0 spiro atoms. The van der Waals surface area contributed by atoms with Gasteiger partial charge in [-0.3, -0.25) is 9.59 Å². The van der Waals surface area contributed by atoms with Crippen LogP contribution in [0.5, 0.6) is 23.0 Å². The van der Waals surface area contributed by atoms with E-state index < -0.39 is 16.6 Å². The summed E-state index contributed by atoms with van der Waals surface area (Å²) in [5, 5.41) is 0.197. The summed E-state index contributed by atoms with van der Waals surface area (Å²) in [6.45, 7) is 25.6. The van der Waals surface area contributed by atoms with E-state index in [0.717, 1.165) is 44.9 Å². The largest absolute Gasteiger partial charge is 0.493 e. The van der Waals surface area contributed by atoms with E-state index in [-0.39, 0.29) is 34.0 Å². The van der Waals surface area contributed by atoms with Gasteiger partial charge in [-0.25, -0.2) is 0 Å². The lowest BCUT2D eigenvalue weighted by Gasteiger charge is -2.38. The molecule has 0 aromatic heterocycles. The van der Waals surface area contributed by atoms with Crippen LogP contribution in [0.4, 0.5) is 11.4 Å². The molecule has 4 N–H and O–H groups in total. The smallest absolute Gasteiger partial charge is 0.256 e. The van der Waals surface area contributed by atoms with Crippen LogP contribution in [0.3, 0.4) is 0 Å². The summed E-state index contributed by atoms with van der Waals surface area (Å²) in [6.07, 6.45) is 6.05. The van der Waals surface area contributed by atoms with Gasteiger partial charge in [-0.05, 0) is 93.3 Å². The van der Waals surface area contributed by atoms with Crippen LogP contribution >= 0.6 is 0 Å². The molecule has 57 heavy (non-hydrogen) atoms. The number of nitrogens with zero attached hydrogens (tertiary/aromatic N) is 2. The van der Waals surface area contributed by atoms with E-state index >= 15 is 0 Å². The first-order valence-corrected chi connectivity index (χ1v) is 26.5. The molecule has 2 aliphatic heterocycles. The molecule has 2 amide bonds. The number of nitrogens with two attached hydrogens (primary N) is 2. The van der Waals surface area contributed by atoms with Crippen LogP contribution in [-0.4, -0.2) is 104 Å². The summed E-state index contributed by atoms with van der Waals surface area (Å²) in [5.41, 5.74) is 14.4. The Kier molecular flexibility index (Phi) is 15.5. The average Bonchev–Trinajstić information content (AvgIpc) is 3.81. The molecule has 0 aliphatic carbocycles. The lowest BCUT2D eigenvalue weighted by molar-refractivity contribution is 0.0678. The Morgan fingerprint density at radius 2 is 1.00 bits per heavy atom. The van der Waals surface area contributed by atoms with E-state index in [1.54, 1.807) is 38.5 Å². The molecule has 0 saturated carbocycles. The van der Waals surface area contributed by atoms with E-state index in [0.29, 0.717) is 85.0 Å². The number of methoxy groups -OCH3 is 2. The van der Waals surface area contributed by atoms with Gasteiger partial charge in [-0.2, -0.15) is 0 Å². The minimum absolute atomic E-state index is 0.0187. The van der Waals surface area contributed by atoms with Crippen molar-refractivity contribution in [1.29, 1.82) is 0 Å². The summed E-state index contributed by atoms with van der Waals surface area (Å²) in [4.78, 5) is 31.3. The van der Waals surface area contributed by atoms with E-state index in [1.807, 2.05) is 9.80 Å². The van der Waals surface area contributed by atoms with Crippen LogP contribution in [0.15, 0.2) is 24.3 Å². The highest BCUT2D eigenvalue weighted by molar-refractivity contribution is 6.74. The fourth-order valence-corrected chi connectivity index (χ4v) is 8.80. The minimum atomic E-state index is -1.95. The molecule has 14 heteroatoms. The van der Waals surface area contributed by atoms with Gasteiger partial charge in [0.1, 0.15) is 0 Å². The zero-order chi connectivity index (χ0) is 42.3. The van der Waals surface area contributed by atoms with Gasteiger partial charge in [0, 0.05) is 36.6 Å². The normalized spacial score (nSPS) is 17.9. The summed E-state index contributed by atoms with van der Waals surface area (Å²) < 4.78 is 36.4. The molecule has 2 atom stereocenters. The van der Waals surface area contributed by atoms with Crippen LogP contribution in [0.1, 0.15) is 107 Å². The van der Waals surface area contributed by atoms with Crippen molar-refractivity contribution in [3.05, 3.63) is 35.4 Å². The predicted octanol–water partition coefficient (Wildman–Crippen LogP) is 8.75. The van der Waals surface area contributed by atoms with Crippen molar-refractivity contribution in [1.82, 2.24) is 9.80 Å². The van der Waals surface area contributed by atoms with E-state index in [1.165, 1.54) is 0 Å². The zero-order valence-electron chi connectivity index (χ0n) is 37.0. The van der Waals surface area contributed by atoms with E-state index in [4.69, 9.17) is 39.3 Å². The maximum absolute atomic E-state index is 13.7. The second kappa shape index (κ2) is 19.1. The van der Waals surface area contributed by atoms with Gasteiger partial charge in [0.2, 0.25) is 0 Å². The third kappa shape index (κ3) is 11.4. The maximum Gasteiger partial charge on any atom is 0.256 e. The Labute approximate surface area is 344 Å². The molecule has 0 bridgehead atoms. The Balaban J connectivity index is 1.26. The first-order chi connectivity index (χ1) is 26.6. The lowest BCUT2D eigenvalue weighted by atomic mass is 10.1. The minimum Gasteiger partial charge on any atom is -0.493 e. The van der Waals surface area contributed by atoms with E-state index in [9.17, 15) is 9.59 Å². The number of ether oxygens (including phenoxy) is 4. The molecule has 12 nitrogen and oxygen atoms in total. The Hall–Kier alpha value is -3.47. The van der Waals surface area contributed by atoms with Crippen LogP contribution in [0.2, 0.25) is 36.3 Å². The van der Waals surface area contributed by atoms with Gasteiger partial charge < -0.3 is 49.1 Å². The zero-order valence-corrected chi connectivity index (χ0v) is 39.0. The number of likely N-dealkylation sites (tertiary alicyclic amines) is 2. The Morgan fingerprint density at radius 3 is 1.33 bits per heavy atom. The van der Waals surface area contributed by atoms with Crippen molar-refractivity contribution >= 4 is 39.8 Å². The number of anilines is 2. The molecular weight excluding hydrogens is 757 g/mol. The highest BCUT2D eigenvalue weighted by Crippen LogP contribution is 2.40.